The van der Waals surface area contributed by atoms with E-state index in [1.165, 1.54) is 37.7 Å². The predicted molar refractivity (Wildman–Crippen MR) is 113 cm³/mol. The number of nitrogens with zero attached hydrogens (tertiary/aromatic N) is 1. The number of nitrogens with one attached hydrogen (secondary N) is 1. The first-order chi connectivity index (χ1) is 12.2. The number of benzene rings is 1. The van der Waals surface area contributed by atoms with Crippen molar-refractivity contribution in [3.05, 3.63) is 41.1 Å². The van der Waals surface area contributed by atoms with Crippen LogP contribution in [0.2, 0.25) is 0 Å². The Hall–Kier alpha value is -1.08. The summed E-state index contributed by atoms with van der Waals surface area (Å²) in [5.74, 6) is -0.148. The van der Waals surface area contributed by atoms with Crippen molar-refractivity contribution in [1.29, 1.82) is 0 Å². The number of anilines is 1. The number of esters is 1. The quantitative estimate of drug-likeness (QED) is 0.528. The maximum absolute atomic E-state index is 12.7. The van der Waals surface area contributed by atoms with Crippen molar-refractivity contribution in [2.45, 2.75) is 50.5 Å². The summed E-state index contributed by atoms with van der Waals surface area (Å²) in [6.07, 6.45) is 5.50. The first-order valence-corrected chi connectivity index (χ1v) is 9.59. The lowest BCUT2D eigenvalue weighted by Crippen LogP contribution is -2.59. The molecule has 1 spiro atoms. The van der Waals surface area contributed by atoms with Gasteiger partial charge in [0.25, 0.3) is 0 Å². The van der Waals surface area contributed by atoms with E-state index in [0.717, 1.165) is 37.1 Å². The van der Waals surface area contributed by atoms with Crippen LogP contribution in [0.15, 0.2) is 35.5 Å². The molecule has 3 heterocycles. The minimum Gasteiger partial charge on any atom is -0.466 e. The van der Waals surface area contributed by atoms with Crippen LogP contribution in [0.1, 0.15) is 44.6 Å². The number of carbonyl (C=O) groups is 1. The lowest BCUT2D eigenvalue weighted by Gasteiger charge is -2.56. The first kappa shape index (κ1) is 18.3. The summed E-state index contributed by atoms with van der Waals surface area (Å²) in [6, 6.07) is 9.15. The Morgan fingerprint density at radius 1 is 1.31 bits per heavy atom. The molecule has 2 fully saturated rings. The number of fused-ring (bicyclic) bond motifs is 1. The van der Waals surface area contributed by atoms with Crippen LogP contribution in [0.4, 0.5) is 5.69 Å². The van der Waals surface area contributed by atoms with Gasteiger partial charge in [-0.2, -0.15) is 0 Å². The maximum Gasteiger partial charge on any atom is 0.335 e. The molecule has 0 saturated carbocycles. The summed E-state index contributed by atoms with van der Waals surface area (Å²) in [6.45, 7) is 4.63. The van der Waals surface area contributed by atoms with Crippen LogP contribution < -0.4 is 5.32 Å². The molecule has 5 rings (SSSR count). The molecule has 5 heteroatoms. The molecule has 140 valence electrons. The molecular weight excluding hydrogens is 439 g/mol. The van der Waals surface area contributed by atoms with Crippen molar-refractivity contribution in [2.24, 2.45) is 5.41 Å². The van der Waals surface area contributed by atoms with E-state index >= 15 is 0 Å². The number of halogens is 1. The first-order valence-electron chi connectivity index (χ1n) is 9.59. The maximum atomic E-state index is 12.7. The van der Waals surface area contributed by atoms with Crippen LogP contribution in [0.25, 0.3) is 0 Å². The number of methoxy groups -OCH3 is 1. The zero-order chi connectivity index (χ0) is 17.2. The standard InChI is InChI=1S/C21H26N2O2.HI/c1-3-20-9-6-11-23-12-10-21(19(20)23)15-7-4-5-8-16(15)22-17(21)14(13-20)18(24)25-2;/h4-5,7-8,19,22H,3,6,9-13H2,1-2H3;1H. The van der Waals surface area contributed by atoms with Gasteiger partial charge in [-0.15, -0.1) is 24.0 Å². The van der Waals surface area contributed by atoms with E-state index in [1.807, 2.05) is 0 Å². The predicted octanol–water partition coefficient (Wildman–Crippen LogP) is 4.06. The van der Waals surface area contributed by atoms with Gasteiger partial charge in [0.15, 0.2) is 0 Å². The molecular formula is C21H27IN2O2. The average Bonchev–Trinajstić information content (AvgIpc) is 3.21. The van der Waals surface area contributed by atoms with Crippen LogP contribution in [-0.4, -0.2) is 37.1 Å². The van der Waals surface area contributed by atoms with Gasteiger partial charge in [0.2, 0.25) is 0 Å². The number of ether oxygens (including phenoxy) is 1. The van der Waals surface area contributed by atoms with Crippen LogP contribution in [0, 0.1) is 5.41 Å². The Morgan fingerprint density at radius 3 is 2.88 bits per heavy atom. The van der Waals surface area contributed by atoms with E-state index in [9.17, 15) is 4.79 Å². The molecule has 0 bridgehead atoms. The Balaban J connectivity index is 0.00000168. The monoisotopic (exact) mass is 466 g/mol. The fraction of sp³-hybridized carbons (Fsp3) is 0.571. The third-order valence-corrected chi connectivity index (χ3v) is 7.41. The van der Waals surface area contributed by atoms with Crippen molar-refractivity contribution >= 4 is 35.6 Å². The van der Waals surface area contributed by atoms with Gasteiger partial charge in [0.1, 0.15) is 0 Å². The normalized spacial score (nSPS) is 34.3. The minimum absolute atomic E-state index is 0. The van der Waals surface area contributed by atoms with Crippen molar-refractivity contribution < 1.29 is 9.53 Å². The third-order valence-electron chi connectivity index (χ3n) is 7.41. The van der Waals surface area contributed by atoms with E-state index in [2.05, 4.69) is 41.4 Å². The number of para-hydroxylation sites is 1. The van der Waals surface area contributed by atoms with Gasteiger partial charge in [-0.3, -0.25) is 4.90 Å². The highest BCUT2D eigenvalue weighted by Gasteiger charge is 2.65. The molecule has 1 N–H and O–H groups in total. The molecule has 4 nitrogen and oxygen atoms in total. The van der Waals surface area contributed by atoms with Gasteiger partial charge in [0, 0.05) is 17.4 Å². The van der Waals surface area contributed by atoms with Crippen molar-refractivity contribution in [2.75, 3.05) is 25.5 Å². The second-order valence-electron chi connectivity index (χ2n) is 8.17. The molecule has 0 aromatic heterocycles. The number of rotatable bonds is 2. The summed E-state index contributed by atoms with van der Waals surface area (Å²) in [5, 5.41) is 3.65. The van der Waals surface area contributed by atoms with E-state index in [1.54, 1.807) is 0 Å². The van der Waals surface area contributed by atoms with Gasteiger partial charge in [-0.25, -0.2) is 4.79 Å². The molecule has 3 aliphatic heterocycles. The Labute approximate surface area is 172 Å². The molecule has 2 saturated heterocycles. The smallest absolute Gasteiger partial charge is 0.335 e. The van der Waals surface area contributed by atoms with Crippen molar-refractivity contribution in [1.82, 2.24) is 4.90 Å². The van der Waals surface area contributed by atoms with E-state index < -0.39 is 0 Å². The lowest BCUT2D eigenvalue weighted by molar-refractivity contribution is -0.137. The number of hydrogen-bond acceptors (Lipinski definition) is 4. The van der Waals surface area contributed by atoms with E-state index in [0.29, 0.717) is 6.04 Å². The second-order valence-corrected chi connectivity index (χ2v) is 8.17. The van der Waals surface area contributed by atoms with Crippen LogP contribution >= 0.6 is 24.0 Å². The van der Waals surface area contributed by atoms with Gasteiger partial charge < -0.3 is 10.1 Å². The van der Waals surface area contributed by atoms with Crippen molar-refractivity contribution in [3.8, 4) is 0 Å². The zero-order valence-corrected chi connectivity index (χ0v) is 17.8. The van der Waals surface area contributed by atoms with Gasteiger partial charge in [-0.1, -0.05) is 25.1 Å². The van der Waals surface area contributed by atoms with Crippen LogP contribution in [0.5, 0.6) is 0 Å². The second kappa shape index (κ2) is 6.23. The molecule has 1 aromatic carbocycles. The Bertz CT molecular complexity index is 792. The fourth-order valence-corrected chi connectivity index (χ4v) is 6.49. The molecule has 26 heavy (non-hydrogen) atoms. The van der Waals surface area contributed by atoms with Crippen LogP contribution in [0.3, 0.4) is 0 Å². The summed E-state index contributed by atoms with van der Waals surface area (Å²) < 4.78 is 5.22. The summed E-state index contributed by atoms with van der Waals surface area (Å²) in [5.41, 5.74) is 4.71. The number of carbonyl (C=O) groups excluding carboxylic acids is 1. The Morgan fingerprint density at radius 2 is 2.12 bits per heavy atom. The van der Waals surface area contributed by atoms with Gasteiger partial charge in [-0.05, 0) is 62.2 Å². The molecule has 0 amide bonds. The molecule has 0 radical (unpaired) electrons. The highest BCUT2D eigenvalue weighted by atomic mass is 127. The molecule has 1 aliphatic carbocycles. The minimum atomic E-state index is -0.148. The van der Waals surface area contributed by atoms with E-state index in [-0.39, 0.29) is 40.8 Å². The average molecular weight is 466 g/mol. The summed E-state index contributed by atoms with van der Waals surface area (Å²) >= 11 is 0. The molecule has 1 aromatic rings. The molecule has 4 aliphatic rings. The SMILES string of the molecule is CCC12CCCN3CCC4(C(=C(C(=O)OC)C1)Nc1ccccc14)C32.I. The third kappa shape index (κ3) is 2.07. The number of hydrogen-bond donors (Lipinski definition) is 1. The van der Waals surface area contributed by atoms with Gasteiger partial charge >= 0.3 is 5.97 Å². The number of piperidine rings is 1. The largest absolute Gasteiger partial charge is 0.466 e. The fourth-order valence-electron chi connectivity index (χ4n) is 6.49. The lowest BCUT2D eigenvalue weighted by atomic mass is 9.53. The zero-order valence-electron chi connectivity index (χ0n) is 15.5. The Kier molecular flexibility index (Phi) is 4.38. The summed E-state index contributed by atoms with van der Waals surface area (Å²) in [7, 11) is 1.51. The van der Waals surface area contributed by atoms with Gasteiger partial charge in [0.05, 0.1) is 18.1 Å². The highest BCUT2D eigenvalue weighted by Crippen LogP contribution is 2.65. The summed E-state index contributed by atoms with van der Waals surface area (Å²) in [4.78, 5) is 15.4. The van der Waals surface area contributed by atoms with E-state index in [4.69, 9.17) is 4.74 Å². The molecule has 3 unspecified atom stereocenters. The molecule has 3 atom stereocenters. The highest BCUT2D eigenvalue weighted by molar-refractivity contribution is 14.0. The van der Waals surface area contributed by atoms with Crippen molar-refractivity contribution in [3.63, 3.8) is 0 Å². The topological polar surface area (TPSA) is 41.6 Å². The van der Waals surface area contributed by atoms with Crippen LogP contribution in [-0.2, 0) is 14.9 Å².